The Morgan fingerprint density at radius 1 is 1.12 bits per heavy atom. The molecule has 0 aromatic heterocycles. The van der Waals surface area contributed by atoms with Crippen molar-refractivity contribution in [3.63, 3.8) is 0 Å². The van der Waals surface area contributed by atoms with Gasteiger partial charge in [-0.25, -0.2) is 0 Å². The van der Waals surface area contributed by atoms with Crippen LogP contribution in [-0.4, -0.2) is 11.1 Å². The summed E-state index contributed by atoms with van der Waals surface area (Å²) in [5.41, 5.74) is -1.46. The maximum absolute atomic E-state index is 12.3. The van der Waals surface area contributed by atoms with Gasteiger partial charge in [0.1, 0.15) is 17.1 Å². The molecule has 2 aromatic rings. The Morgan fingerprint density at radius 2 is 1.85 bits per heavy atom. The number of rotatable bonds is 3. The van der Waals surface area contributed by atoms with E-state index in [1.807, 2.05) is 45.0 Å². The lowest BCUT2D eigenvalue weighted by Gasteiger charge is -2.31. The van der Waals surface area contributed by atoms with E-state index in [1.165, 1.54) is 12.1 Å². The van der Waals surface area contributed by atoms with Gasteiger partial charge in [0.15, 0.2) is 12.0 Å². The van der Waals surface area contributed by atoms with E-state index in [1.54, 1.807) is 6.07 Å². The van der Waals surface area contributed by atoms with Crippen LogP contribution in [0.4, 0.5) is 13.2 Å². The molecule has 0 unspecified atom stereocenters. The van der Waals surface area contributed by atoms with E-state index >= 15 is 0 Å². The lowest BCUT2D eigenvalue weighted by molar-refractivity contribution is -0.0369. The standard InChI is InChI=1S/C19H16ClF3O2S/c1-11-8-12(4-7-16(11)20)15-10-18(2,3)24-17-9-13(5-6-14(15)17)25-26-19(21,22)23/h4-10H,1-3H3. The van der Waals surface area contributed by atoms with Crippen molar-refractivity contribution in [3.05, 3.63) is 64.2 Å². The third-order valence-electron chi connectivity index (χ3n) is 3.81. The molecule has 1 heterocycles. The Balaban J connectivity index is 2.00. The molecular weight excluding hydrogens is 385 g/mol. The minimum atomic E-state index is -4.47. The summed E-state index contributed by atoms with van der Waals surface area (Å²) in [5, 5.41) is 0.675. The molecule has 0 atom stereocenters. The molecule has 138 valence electrons. The predicted octanol–water partition coefficient (Wildman–Crippen LogP) is 6.80. The first-order chi connectivity index (χ1) is 12.0. The maximum Gasteiger partial charge on any atom is 0.479 e. The van der Waals surface area contributed by atoms with Crippen LogP contribution in [0.2, 0.25) is 5.02 Å². The second-order valence-electron chi connectivity index (χ2n) is 6.50. The van der Waals surface area contributed by atoms with Crippen LogP contribution >= 0.6 is 23.6 Å². The van der Waals surface area contributed by atoms with Crippen LogP contribution in [0.5, 0.6) is 11.5 Å². The molecule has 0 radical (unpaired) electrons. The molecule has 0 aliphatic carbocycles. The lowest BCUT2D eigenvalue weighted by atomic mass is 9.89. The summed E-state index contributed by atoms with van der Waals surface area (Å²) in [7, 11) is 0. The quantitative estimate of drug-likeness (QED) is 0.528. The van der Waals surface area contributed by atoms with Gasteiger partial charge in [0.05, 0.1) is 0 Å². The van der Waals surface area contributed by atoms with Gasteiger partial charge in [-0.2, -0.15) is 13.2 Å². The highest BCUT2D eigenvalue weighted by Crippen LogP contribution is 2.43. The molecule has 0 bridgehead atoms. The van der Waals surface area contributed by atoms with Gasteiger partial charge in [0.25, 0.3) is 0 Å². The zero-order valence-corrected chi connectivity index (χ0v) is 15.9. The summed E-state index contributed by atoms with van der Waals surface area (Å²) in [6.07, 6.45) is 1.99. The van der Waals surface area contributed by atoms with E-state index in [0.717, 1.165) is 22.3 Å². The molecule has 0 spiro atoms. The smallest absolute Gasteiger partial charge is 0.479 e. The number of ether oxygens (including phenoxy) is 1. The summed E-state index contributed by atoms with van der Waals surface area (Å²) in [6, 6.07) is 10.4. The average molecular weight is 401 g/mol. The summed E-state index contributed by atoms with van der Waals surface area (Å²) < 4.78 is 47.7. The van der Waals surface area contributed by atoms with Crippen molar-refractivity contribution in [2.24, 2.45) is 0 Å². The van der Waals surface area contributed by atoms with Crippen LogP contribution < -0.4 is 8.92 Å². The first-order valence-corrected chi connectivity index (χ1v) is 8.91. The molecule has 1 aliphatic rings. The molecule has 0 saturated heterocycles. The number of hydrogen-bond acceptors (Lipinski definition) is 3. The molecule has 2 aromatic carbocycles. The molecule has 2 nitrogen and oxygen atoms in total. The molecule has 3 rings (SSSR count). The predicted molar refractivity (Wildman–Crippen MR) is 98.7 cm³/mol. The second kappa shape index (κ2) is 6.74. The number of benzene rings is 2. The summed E-state index contributed by atoms with van der Waals surface area (Å²) >= 11 is 5.57. The molecule has 0 amide bonds. The maximum atomic E-state index is 12.3. The second-order valence-corrected chi connectivity index (χ2v) is 7.70. The van der Waals surface area contributed by atoms with Crippen LogP contribution in [-0.2, 0) is 0 Å². The van der Waals surface area contributed by atoms with Crippen molar-refractivity contribution in [2.45, 2.75) is 31.9 Å². The van der Waals surface area contributed by atoms with Gasteiger partial charge in [0, 0.05) is 16.7 Å². The number of halogens is 4. The monoisotopic (exact) mass is 400 g/mol. The Bertz CT molecular complexity index is 876. The van der Waals surface area contributed by atoms with Gasteiger partial charge < -0.3 is 8.92 Å². The van der Waals surface area contributed by atoms with E-state index in [2.05, 4.69) is 0 Å². The van der Waals surface area contributed by atoms with Crippen molar-refractivity contribution < 1.29 is 22.1 Å². The van der Waals surface area contributed by atoms with Gasteiger partial charge in [-0.15, -0.1) is 0 Å². The van der Waals surface area contributed by atoms with E-state index in [9.17, 15) is 13.2 Å². The number of fused-ring (bicyclic) bond motifs is 1. The number of hydrogen-bond donors (Lipinski definition) is 0. The molecule has 1 aliphatic heterocycles. The minimum Gasteiger partial charge on any atom is -0.483 e. The van der Waals surface area contributed by atoms with E-state index in [4.69, 9.17) is 20.5 Å². The van der Waals surface area contributed by atoms with E-state index < -0.39 is 23.2 Å². The van der Waals surface area contributed by atoms with Crippen LogP contribution in [0.25, 0.3) is 5.57 Å². The van der Waals surface area contributed by atoms with Crippen molar-refractivity contribution >= 4 is 29.2 Å². The highest BCUT2D eigenvalue weighted by Gasteiger charge is 2.32. The van der Waals surface area contributed by atoms with Crippen LogP contribution in [0.3, 0.4) is 0 Å². The highest BCUT2D eigenvalue weighted by atomic mass is 35.5. The third kappa shape index (κ3) is 4.30. The largest absolute Gasteiger partial charge is 0.483 e. The highest BCUT2D eigenvalue weighted by molar-refractivity contribution is 7.95. The summed E-state index contributed by atoms with van der Waals surface area (Å²) in [6.45, 7) is 5.69. The van der Waals surface area contributed by atoms with Crippen LogP contribution in [0, 0.1) is 6.92 Å². The van der Waals surface area contributed by atoms with Gasteiger partial charge in [-0.3, -0.25) is 0 Å². The molecule has 0 N–H and O–H groups in total. The topological polar surface area (TPSA) is 18.5 Å². The summed E-state index contributed by atoms with van der Waals surface area (Å²) in [5.74, 6) is 0.552. The van der Waals surface area contributed by atoms with Crippen molar-refractivity contribution in [3.8, 4) is 11.5 Å². The van der Waals surface area contributed by atoms with Crippen molar-refractivity contribution in [1.29, 1.82) is 0 Å². The first-order valence-electron chi connectivity index (χ1n) is 7.79. The fourth-order valence-electron chi connectivity index (χ4n) is 2.75. The number of alkyl halides is 3. The van der Waals surface area contributed by atoms with E-state index in [0.29, 0.717) is 10.8 Å². The van der Waals surface area contributed by atoms with Gasteiger partial charge in [-0.1, -0.05) is 17.7 Å². The molecular formula is C19H16ClF3O2S. The molecule has 0 fully saturated rings. The van der Waals surface area contributed by atoms with Crippen LogP contribution in [0.1, 0.15) is 30.5 Å². The van der Waals surface area contributed by atoms with Gasteiger partial charge >= 0.3 is 5.51 Å². The fraction of sp³-hybridized carbons (Fsp3) is 0.263. The zero-order valence-electron chi connectivity index (χ0n) is 14.3. The van der Waals surface area contributed by atoms with Gasteiger partial charge in [0.2, 0.25) is 0 Å². The Kier molecular flexibility index (Phi) is 4.92. The molecule has 7 heteroatoms. The Hall–Kier alpha value is -1.79. The zero-order chi connectivity index (χ0) is 19.1. The minimum absolute atomic E-state index is 0.0791. The molecule has 26 heavy (non-hydrogen) atoms. The average Bonchev–Trinajstić information content (AvgIpc) is 2.53. The molecule has 0 saturated carbocycles. The fourth-order valence-corrected chi connectivity index (χ4v) is 3.16. The number of aryl methyl sites for hydroxylation is 1. The summed E-state index contributed by atoms with van der Waals surface area (Å²) in [4.78, 5) is 0. The SMILES string of the molecule is Cc1cc(C2=CC(C)(C)Oc3cc(OSC(F)(F)F)ccc32)ccc1Cl. The lowest BCUT2D eigenvalue weighted by Crippen LogP contribution is -2.29. The Labute approximate surface area is 159 Å². The Morgan fingerprint density at radius 3 is 2.50 bits per heavy atom. The third-order valence-corrected chi connectivity index (χ3v) is 4.70. The van der Waals surface area contributed by atoms with Gasteiger partial charge in [-0.05, 0) is 67.8 Å². The van der Waals surface area contributed by atoms with Crippen molar-refractivity contribution in [2.75, 3.05) is 0 Å². The van der Waals surface area contributed by atoms with Crippen molar-refractivity contribution in [1.82, 2.24) is 0 Å². The van der Waals surface area contributed by atoms with Crippen LogP contribution in [0.15, 0.2) is 42.5 Å². The first kappa shape index (κ1) is 19.0. The van der Waals surface area contributed by atoms with E-state index in [-0.39, 0.29) is 5.75 Å². The normalized spacial score (nSPS) is 15.7.